The van der Waals surface area contributed by atoms with Gasteiger partial charge in [-0.25, -0.2) is 9.59 Å². The molecule has 2 aromatic carbocycles. The number of carbonyl (C=O) groups is 1. The third kappa shape index (κ3) is 5.62. The van der Waals surface area contributed by atoms with Gasteiger partial charge in [0, 0.05) is 24.8 Å². The highest BCUT2D eigenvalue weighted by atomic mass is 28.4. The van der Waals surface area contributed by atoms with Crippen molar-refractivity contribution in [2.75, 3.05) is 7.11 Å². The lowest BCUT2D eigenvalue weighted by Gasteiger charge is -2.44. The zero-order chi connectivity index (χ0) is 29.9. The fraction of sp³-hybridized carbons (Fsp3) is 0.303. The van der Waals surface area contributed by atoms with Gasteiger partial charge in [0.1, 0.15) is 17.5 Å². The van der Waals surface area contributed by atoms with Crippen molar-refractivity contribution >= 4 is 24.7 Å². The van der Waals surface area contributed by atoms with Gasteiger partial charge >= 0.3 is 11.6 Å². The number of benzene rings is 2. The molecule has 42 heavy (non-hydrogen) atoms. The SMILES string of the molecule is COc1cccnc1-c1cc(C(=O)O)oc(=O)c1O[C@H]1CC[C@@H](O[Si](c2ccccc2)(c2ccccc2)C(C)(C)C)C1. The second-order valence-corrected chi connectivity index (χ2v) is 15.7. The van der Waals surface area contributed by atoms with Crippen LogP contribution in [0.5, 0.6) is 11.5 Å². The molecule has 0 amide bonds. The number of aromatic carboxylic acids is 1. The van der Waals surface area contributed by atoms with Crippen LogP contribution in [-0.2, 0) is 4.43 Å². The smallest absolute Gasteiger partial charge is 0.379 e. The van der Waals surface area contributed by atoms with Gasteiger partial charge in [0.25, 0.3) is 8.32 Å². The maximum absolute atomic E-state index is 13.1. The molecule has 1 saturated carbocycles. The molecule has 218 valence electrons. The van der Waals surface area contributed by atoms with Crippen molar-refractivity contribution in [2.45, 2.75) is 57.3 Å². The Morgan fingerprint density at radius 1 is 0.952 bits per heavy atom. The second kappa shape index (κ2) is 12.0. The molecule has 1 fully saturated rings. The van der Waals surface area contributed by atoms with Crippen molar-refractivity contribution in [1.82, 2.24) is 4.98 Å². The van der Waals surface area contributed by atoms with Crippen molar-refractivity contribution in [3.63, 3.8) is 0 Å². The first kappa shape index (κ1) is 29.3. The van der Waals surface area contributed by atoms with Crippen LogP contribution in [0.15, 0.2) is 94.3 Å². The average Bonchev–Trinajstić information content (AvgIpc) is 3.43. The number of hydrogen-bond donors (Lipinski definition) is 1. The largest absolute Gasteiger partial charge is 0.494 e. The van der Waals surface area contributed by atoms with Gasteiger partial charge < -0.3 is 23.4 Å². The molecule has 9 heteroatoms. The summed E-state index contributed by atoms with van der Waals surface area (Å²) >= 11 is 0. The van der Waals surface area contributed by atoms with Gasteiger partial charge in [-0.1, -0.05) is 81.4 Å². The van der Waals surface area contributed by atoms with Crippen LogP contribution in [0.3, 0.4) is 0 Å². The molecular weight excluding hydrogens is 550 g/mol. The molecule has 2 aromatic heterocycles. The van der Waals surface area contributed by atoms with E-state index in [1.165, 1.54) is 23.5 Å². The fourth-order valence-electron chi connectivity index (χ4n) is 5.86. The highest BCUT2D eigenvalue weighted by Crippen LogP contribution is 2.41. The van der Waals surface area contributed by atoms with E-state index in [9.17, 15) is 14.7 Å². The molecule has 1 aliphatic carbocycles. The standard InChI is InChI=1S/C33H35NO7Si/c1-33(2,3)42(24-12-7-5-8-13-24,25-14-9-6-10-15-25)41-23-18-17-22(20-23)39-30-26(21-28(31(35)36)40-32(30)37)29-27(38-4)16-11-19-34-29/h5-16,19,21-23H,17-18,20H2,1-4H3,(H,35,36)/t22-,23+/m0/s1. The second-order valence-electron chi connectivity index (χ2n) is 11.5. The molecule has 5 rings (SSSR count). The van der Waals surface area contributed by atoms with Crippen LogP contribution >= 0.6 is 0 Å². The lowest BCUT2D eigenvalue weighted by molar-refractivity contribution is 0.0655. The van der Waals surface area contributed by atoms with E-state index >= 15 is 0 Å². The van der Waals surface area contributed by atoms with Crippen LogP contribution < -0.4 is 25.5 Å². The Kier molecular flexibility index (Phi) is 8.33. The van der Waals surface area contributed by atoms with E-state index in [1.807, 2.05) is 12.1 Å². The summed E-state index contributed by atoms with van der Waals surface area (Å²) in [5, 5.41) is 11.8. The van der Waals surface area contributed by atoms with Crippen molar-refractivity contribution in [2.24, 2.45) is 0 Å². The fourth-order valence-corrected chi connectivity index (χ4v) is 10.6. The number of carboxylic acids is 1. The Bertz CT molecular complexity index is 1560. The molecule has 8 nitrogen and oxygen atoms in total. The molecule has 0 aliphatic heterocycles. The van der Waals surface area contributed by atoms with E-state index in [1.54, 1.807) is 18.3 Å². The van der Waals surface area contributed by atoms with Gasteiger partial charge in [-0.3, -0.25) is 4.98 Å². The van der Waals surface area contributed by atoms with Crippen molar-refractivity contribution in [1.29, 1.82) is 0 Å². The molecule has 0 unspecified atom stereocenters. The third-order valence-electron chi connectivity index (χ3n) is 7.75. The first-order valence-electron chi connectivity index (χ1n) is 14.0. The Morgan fingerprint density at radius 3 is 2.14 bits per heavy atom. The van der Waals surface area contributed by atoms with E-state index in [4.69, 9.17) is 18.3 Å². The first-order chi connectivity index (χ1) is 20.1. The minimum Gasteiger partial charge on any atom is -0.494 e. The number of ether oxygens (including phenoxy) is 2. The molecule has 1 aliphatic rings. The Labute approximate surface area is 246 Å². The predicted octanol–water partition coefficient (Wildman–Crippen LogP) is 5.29. The van der Waals surface area contributed by atoms with E-state index in [2.05, 4.69) is 74.3 Å². The lowest BCUT2D eigenvalue weighted by atomic mass is 10.1. The molecule has 1 N–H and O–H groups in total. The normalized spacial score (nSPS) is 17.1. The Balaban J connectivity index is 1.48. The van der Waals surface area contributed by atoms with Crippen molar-refractivity contribution < 1.29 is 28.2 Å². The summed E-state index contributed by atoms with van der Waals surface area (Å²) in [6.45, 7) is 6.72. The predicted molar refractivity (Wildman–Crippen MR) is 162 cm³/mol. The summed E-state index contributed by atoms with van der Waals surface area (Å²) in [6.07, 6.45) is 3.04. The summed E-state index contributed by atoms with van der Waals surface area (Å²) in [5.74, 6) is -1.58. The van der Waals surface area contributed by atoms with Crippen LogP contribution in [0.4, 0.5) is 0 Å². The molecule has 4 aromatic rings. The van der Waals surface area contributed by atoms with Crippen LogP contribution in [0.1, 0.15) is 50.6 Å². The zero-order valence-corrected chi connectivity index (χ0v) is 25.2. The average molecular weight is 586 g/mol. The van der Waals surface area contributed by atoms with E-state index < -0.39 is 25.7 Å². The number of methoxy groups -OCH3 is 1. The lowest BCUT2D eigenvalue weighted by Crippen LogP contribution is -2.67. The van der Waals surface area contributed by atoms with Crippen LogP contribution in [-0.4, -0.2) is 43.7 Å². The number of hydrogen-bond acceptors (Lipinski definition) is 7. The molecule has 0 saturated heterocycles. The van der Waals surface area contributed by atoms with Gasteiger partial charge in [0.2, 0.25) is 11.5 Å². The number of rotatable bonds is 9. The van der Waals surface area contributed by atoms with Crippen molar-refractivity contribution in [3.05, 3.63) is 101 Å². The molecule has 0 radical (unpaired) electrons. The quantitative estimate of drug-likeness (QED) is 0.264. The summed E-state index contributed by atoms with van der Waals surface area (Å²) < 4.78 is 24.1. The monoisotopic (exact) mass is 585 g/mol. The minimum atomic E-state index is -2.77. The maximum atomic E-state index is 13.1. The Morgan fingerprint density at radius 2 is 1.57 bits per heavy atom. The van der Waals surface area contributed by atoms with Gasteiger partial charge in [0.05, 0.1) is 12.7 Å². The number of carboxylic acid groups (broad SMARTS) is 1. The maximum Gasteiger partial charge on any atom is 0.379 e. The third-order valence-corrected chi connectivity index (χ3v) is 12.8. The summed E-state index contributed by atoms with van der Waals surface area (Å²) in [5.41, 5.74) is -0.380. The highest BCUT2D eigenvalue weighted by molar-refractivity contribution is 6.99. The van der Waals surface area contributed by atoms with E-state index in [0.717, 1.165) is 6.42 Å². The number of pyridine rings is 1. The van der Waals surface area contributed by atoms with Gasteiger partial charge in [-0.05, 0) is 40.4 Å². The summed E-state index contributed by atoms with van der Waals surface area (Å²) in [4.78, 5) is 29.1. The number of nitrogens with zero attached hydrogens (tertiary/aromatic N) is 1. The summed E-state index contributed by atoms with van der Waals surface area (Å²) in [7, 11) is -1.29. The molecule has 2 atom stereocenters. The van der Waals surface area contributed by atoms with E-state index in [-0.39, 0.29) is 28.6 Å². The van der Waals surface area contributed by atoms with Crippen LogP contribution in [0.2, 0.25) is 5.04 Å². The van der Waals surface area contributed by atoms with Gasteiger partial charge in [-0.2, -0.15) is 0 Å². The topological polar surface area (TPSA) is 108 Å². The summed E-state index contributed by atoms with van der Waals surface area (Å²) in [6, 6.07) is 25.6. The molecule has 0 spiro atoms. The van der Waals surface area contributed by atoms with Crippen LogP contribution in [0.25, 0.3) is 11.3 Å². The highest BCUT2D eigenvalue weighted by Gasteiger charge is 2.52. The first-order valence-corrected chi connectivity index (χ1v) is 15.9. The minimum absolute atomic E-state index is 0.0897. The molecular formula is C33H35NO7Si. The molecule has 0 bridgehead atoms. The molecule has 2 heterocycles. The van der Waals surface area contributed by atoms with Crippen molar-refractivity contribution in [3.8, 4) is 22.8 Å². The Hall–Kier alpha value is -4.21. The van der Waals surface area contributed by atoms with Gasteiger partial charge in [0.15, 0.2) is 0 Å². The number of aromatic nitrogens is 1. The zero-order valence-electron chi connectivity index (χ0n) is 24.2. The van der Waals surface area contributed by atoms with Gasteiger partial charge in [-0.15, -0.1) is 0 Å². The van der Waals surface area contributed by atoms with E-state index in [0.29, 0.717) is 24.3 Å². The van der Waals surface area contributed by atoms with Crippen LogP contribution in [0, 0.1) is 0 Å².